The summed E-state index contributed by atoms with van der Waals surface area (Å²) >= 11 is 0. The van der Waals surface area contributed by atoms with Gasteiger partial charge >= 0.3 is 6.03 Å². The topological polar surface area (TPSA) is 100 Å². The molecule has 2 unspecified atom stereocenters. The van der Waals surface area contributed by atoms with Crippen LogP contribution in [0.2, 0.25) is 0 Å². The molecule has 0 aliphatic carbocycles. The van der Waals surface area contributed by atoms with Gasteiger partial charge in [0.25, 0.3) is 0 Å². The fourth-order valence-corrected chi connectivity index (χ4v) is 1.70. The van der Waals surface area contributed by atoms with Gasteiger partial charge in [-0.2, -0.15) is 4.98 Å². The van der Waals surface area contributed by atoms with Crippen molar-refractivity contribution in [2.45, 2.75) is 52.1 Å². The average Bonchev–Trinajstić information content (AvgIpc) is 2.80. The summed E-state index contributed by atoms with van der Waals surface area (Å²) in [6, 6.07) is -0.515. The largest absolute Gasteiger partial charge is 0.396 e. The third-order valence-corrected chi connectivity index (χ3v) is 2.74. The molecule has 1 aromatic heterocycles. The minimum atomic E-state index is -0.264. The number of aliphatic hydroxyl groups excluding tert-OH is 1. The Hall–Kier alpha value is -1.63. The summed E-state index contributed by atoms with van der Waals surface area (Å²) < 4.78 is 4.90. The Balaban J connectivity index is 2.45. The molecule has 2 atom stereocenters. The van der Waals surface area contributed by atoms with Gasteiger partial charge in [0.2, 0.25) is 5.89 Å². The number of hydrogen-bond acceptors (Lipinski definition) is 5. The molecule has 0 saturated carbocycles. The predicted octanol–water partition coefficient (Wildman–Crippen LogP) is 1.29. The van der Waals surface area contributed by atoms with Crippen LogP contribution >= 0.6 is 0 Å². The third-order valence-electron chi connectivity index (χ3n) is 2.74. The Labute approximate surface area is 112 Å². The molecule has 7 nitrogen and oxygen atoms in total. The van der Waals surface area contributed by atoms with Gasteiger partial charge in [0.1, 0.15) is 0 Å². The van der Waals surface area contributed by atoms with Crippen molar-refractivity contribution in [1.29, 1.82) is 0 Å². The van der Waals surface area contributed by atoms with Crippen LogP contribution in [0.4, 0.5) is 4.79 Å². The number of urea groups is 1. The van der Waals surface area contributed by atoms with E-state index in [-0.39, 0.29) is 24.7 Å². The van der Waals surface area contributed by atoms with Gasteiger partial charge in [-0.1, -0.05) is 12.1 Å². The van der Waals surface area contributed by atoms with Gasteiger partial charge in [-0.25, -0.2) is 4.79 Å². The molecule has 0 spiro atoms. The molecule has 19 heavy (non-hydrogen) atoms. The smallest absolute Gasteiger partial charge is 0.315 e. The number of nitrogens with one attached hydrogen (secondary N) is 2. The Morgan fingerprint density at radius 1 is 1.47 bits per heavy atom. The molecule has 1 aromatic rings. The van der Waals surface area contributed by atoms with Crippen LogP contribution in [0.25, 0.3) is 0 Å². The van der Waals surface area contributed by atoms with E-state index < -0.39 is 0 Å². The number of hydrogen-bond donors (Lipinski definition) is 3. The van der Waals surface area contributed by atoms with E-state index in [2.05, 4.69) is 20.8 Å². The van der Waals surface area contributed by atoms with Crippen molar-refractivity contribution in [3.05, 3.63) is 11.7 Å². The predicted molar refractivity (Wildman–Crippen MR) is 69.5 cm³/mol. The lowest BCUT2D eigenvalue weighted by Gasteiger charge is -2.17. The van der Waals surface area contributed by atoms with Crippen molar-refractivity contribution in [3.8, 4) is 0 Å². The molecular formula is C12H22N4O3. The molecule has 0 saturated heterocycles. The second-order valence-electron chi connectivity index (χ2n) is 4.52. The lowest BCUT2D eigenvalue weighted by molar-refractivity contribution is 0.229. The van der Waals surface area contributed by atoms with Gasteiger partial charge in [0.05, 0.1) is 6.04 Å². The molecule has 0 radical (unpaired) electrons. The third kappa shape index (κ3) is 5.25. The zero-order valence-corrected chi connectivity index (χ0v) is 11.6. The zero-order chi connectivity index (χ0) is 14.3. The summed E-state index contributed by atoms with van der Waals surface area (Å²) in [5, 5.41) is 18.2. The number of aliphatic hydroxyl groups is 1. The zero-order valence-electron chi connectivity index (χ0n) is 11.6. The van der Waals surface area contributed by atoms with Crippen molar-refractivity contribution in [2.24, 2.45) is 0 Å². The maximum absolute atomic E-state index is 11.8. The molecule has 0 aliphatic rings. The van der Waals surface area contributed by atoms with E-state index >= 15 is 0 Å². The maximum Gasteiger partial charge on any atom is 0.315 e. The number of carbonyl (C=O) groups is 1. The van der Waals surface area contributed by atoms with E-state index in [0.717, 1.165) is 6.42 Å². The molecule has 3 N–H and O–H groups in total. The molecular weight excluding hydrogens is 248 g/mol. The van der Waals surface area contributed by atoms with E-state index in [9.17, 15) is 4.79 Å². The van der Waals surface area contributed by atoms with Crippen molar-refractivity contribution in [2.75, 3.05) is 6.61 Å². The summed E-state index contributed by atoms with van der Waals surface area (Å²) in [5.41, 5.74) is 0. The number of aromatic nitrogens is 2. The Bertz CT molecular complexity index is 394. The van der Waals surface area contributed by atoms with Gasteiger partial charge in [0.15, 0.2) is 5.82 Å². The molecule has 2 amide bonds. The lowest BCUT2D eigenvalue weighted by Crippen LogP contribution is -2.42. The summed E-state index contributed by atoms with van der Waals surface area (Å²) in [5.74, 6) is 0.963. The number of carbonyl (C=O) groups excluding carboxylic acids is 1. The summed E-state index contributed by atoms with van der Waals surface area (Å²) in [7, 11) is 0. The van der Waals surface area contributed by atoms with Crippen molar-refractivity contribution in [1.82, 2.24) is 20.8 Å². The summed E-state index contributed by atoms with van der Waals surface area (Å²) in [6.45, 7) is 5.67. The van der Waals surface area contributed by atoms with Crippen molar-refractivity contribution >= 4 is 6.03 Å². The van der Waals surface area contributed by atoms with Crippen LogP contribution in [-0.2, 0) is 0 Å². The minimum absolute atomic E-state index is 0.0108. The second-order valence-corrected chi connectivity index (χ2v) is 4.52. The van der Waals surface area contributed by atoms with E-state index in [1.807, 2.05) is 13.8 Å². The Morgan fingerprint density at radius 3 is 2.74 bits per heavy atom. The average molecular weight is 270 g/mol. The van der Waals surface area contributed by atoms with Crippen LogP contribution < -0.4 is 10.6 Å². The van der Waals surface area contributed by atoms with Gasteiger partial charge in [-0.3, -0.25) is 0 Å². The van der Waals surface area contributed by atoms with E-state index in [1.165, 1.54) is 0 Å². The van der Waals surface area contributed by atoms with Crippen molar-refractivity contribution < 1.29 is 14.4 Å². The van der Waals surface area contributed by atoms with E-state index in [0.29, 0.717) is 24.6 Å². The number of aryl methyl sites for hydroxylation is 1. The Morgan fingerprint density at radius 2 is 2.21 bits per heavy atom. The van der Waals surface area contributed by atoms with Crippen LogP contribution in [0.15, 0.2) is 4.52 Å². The molecule has 0 fully saturated rings. The Kier molecular flexibility index (Phi) is 6.27. The molecule has 108 valence electrons. The molecule has 7 heteroatoms. The summed E-state index contributed by atoms with van der Waals surface area (Å²) in [4.78, 5) is 15.9. The van der Waals surface area contributed by atoms with Crippen LogP contribution in [0.1, 0.15) is 50.9 Å². The SMILES string of the molecule is CCC(NC(=O)NC(C)CCCO)c1noc(C)n1. The van der Waals surface area contributed by atoms with Gasteiger partial charge in [-0.05, 0) is 26.2 Å². The normalized spacial score (nSPS) is 13.9. The van der Waals surface area contributed by atoms with E-state index in [1.54, 1.807) is 6.92 Å². The second kappa shape index (κ2) is 7.73. The monoisotopic (exact) mass is 270 g/mol. The van der Waals surface area contributed by atoms with Crippen LogP contribution in [0.3, 0.4) is 0 Å². The highest BCUT2D eigenvalue weighted by Crippen LogP contribution is 2.12. The quantitative estimate of drug-likeness (QED) is 0.693. The van der Waals surface area contributed by atoms with Gasteiger partial charge in [-0.15, -0.1) is 0 Å². The number of amides is 2. The van der Waals surface area contributed by atoms with Crippen LogP contribution in [-0.4, -0.2) is 33.9 Å². The van der Waals surface area contributed by atoms with E-state index in [4.69, 9.17) is 9.63 Å². The maximum atomic E-state index is 11.8. The first kappa shape index (κ1) is 15.4. The molecule has 1 rings (SSSR count). The highest BCUT2D eigenvalue weighted by molar-refractivity contribution is 5.74. The molecule has 1 heterocycles. The molecule has 0 aromatic carbocycles. The highest BCUT2D eigenvalue weighted by atomic mass is 16.5. The standard InChI is InChI=1S/C12H22N4O3/c1-4-10(11-14-9(3)19-16-11)15-12(18)13-8(2)6-5-7-17/h8,10,17H,4-7H2,1-3H3,(H2,13,15,18). The highest BCUT2D eigenvalue weighted by Gasteiger charge is 2.18. The van der Waals surface area contributed by atoms with Crippen LogP contribution in [0, 0.1) is 6.92 Å². The first-order chi connectivity index (χ1) is 9.06. The molecule has 0 bridgehead atoms. The number of rotatable bonds is 7. The fourth-order valence-electron chi connectivity index (χ4n) is 1.70. The lowest BCUT2D eigenvalue weighted by atomic mass is 10.2. The van der Waals surface area contributed by atoms with Gasteiger partial charge in [0, 0.05) is 19.6 Å². The van der Waals surface area contributed by atoms with Crippen molar-refractivity contribution in [3.63, 3.8) is 0 Å². The molecule has 0 aliphatic heterocycles. The fraction of sp³-hybridized carbons (Fsp3) is 0.750. The first-order valence-corrected chi connectivity index (χ1v) is 6.54. The van der Waals surface area contributed by atoms with Crippen LogP contribution in [0.5, 0.6) is 0 Å². The van der Waals surface area contributed by atoms with Gasteiger partial charge < -0.3 is 20.3 Å². The minimum Gasteiger partial charge on any atom is -0.396 e. The number of nitrogens with zero attached hydrogens (tertiary/aromatic N) is 2. The first-order valence-electron chi connectivity index (χ1n) is 6.54. The summed E-state index contributed by atoms with van der Waals surface area (Å²) in [6.07, 6.45) is 2.09.